The molecule has 1 N–H and O–H groups in total. The molecule has 3 rings (SSSR count). The van der Waals surface area contributed by atoms with E-state index in [1.165, 1.54) is 12.4 Å². The van der Waals surface area contributed by atoms with E-state index >= 15 is 0 Å². The number of rotatable bonds is 9. The smallest absolute Gasteiger partial charge is 0.291 e. The van der Waals surface area contributed by atoms with Gasteiger partial charge in [0.25, 0.3) is 5.91 Å². The fraction of sp³-hybridized carbons (Fsp3) is 0.182. The van der Waals surface area contributed by atoms with E-state index < -0.39 is 5.91 Å². The van der Waals surface area contributed by atoms with Crippen molar-refractivity contribution in [1.82, 2.24) is 15.4 Å². The van der Waals surface area contributed by atoms with Gasteiger partial charge in [-0.1, -0.05) is 0 Å². The number of benzene rings is 2. The Balaban J connectivity index is 1.68. The summed E-state index contributed by atoms with van der Waals surface area (Å²) in [6, 6.07) is 12.7. The van der Waals surface area contributed by atoms with Crippen LogP contribution in [0.1, 0.15) is 16.1 Å². The number of nitrogens with one attached hydrogen (secondary N) is 1. The average Bonchev–Trinajstić information content (AvgIpc) is 2.82. The van der Waals surface area contributed by atoms with Gasteiger partial charge >= 0.3 is 0 Å². The summed E-state index contributed by atoms with van der Waals surface area (Å²) in [6.07, 6.45) is 6.45. The quantitative estimate of drug-likeness (QED) is 0.310. The van der Waals surface area contributed by atoms with Crippen molar-refractivity contribution < 1.29 is 19.0 Å². The molecule has 2 aromatic carbocycles. The number of nitrogens with zero attached hydrogens (tertiary/aromatic N) is 3. The summed E-state index contributed by atoms with van der Waals surface area (Å²) < 4.78 is 16.0. The number of hydrazone groups is 1. The highest BCUT2D eigenvalue weighted by atomic mass is 32.2. The summed E-state index contributed by atoms with van der Waals surface area (Å²) >= 11 is 1.60. The third-order valence-electron chi connectivity index (χ3n) is 4.11. The maximum atomic E-state index is 12.4. The fourth-order valence-electron chi connectivity index (χ4n) is 2.59. The zero-order valence-corrected chi connectivity index (χ0v) is 18.2. The first-order valence-electron chi connectivity index (χ1n) is 9.23. The first kappa shape index (κ1) is 22.1. The van der Waals surface area contributed by atoms with Crippen LogP contribution in [0.15, 0.2) is 60.0 Å². The summed E-state index contributed by atoms with van der Waals surface area (Å²) in [5, 5.41) is 3.99. The summed E-state index contributed by atoms with van der Waals surface area (Å²) in [5.74, 6) is 2.12. The highest BCUT2D eigenvalue weighted by Crippen LogP contribution is 2.22. The van der Waals surface area contributed by atoms with E-state index in [9.17, 15) is 4.79 Å². The molecular formula is C22H22N4O4S. The van der Waals surface area contributed by atoms with Crippen LogP contribution in [0.2, 0.25) is 0 Å². The van der Waals surface area contributed by atoms with Crippen molar-refractivity contribution in [2.75, 3.05) is 26.4 Å². The van der Waals surface area contributed by atoms with Crippen molar-refractivity contribution in [2.24, 2.45) is 5.10 Å². The molecule has 0 fully saturated rings. The normalized spacial score (nSPS) is 10.7. The zero-order chi connectivity index (χ0) is 22.1. The second-order valence-electron chi connectivity index (χ2n) is 6.21. The van der Waals surface area contributed by atoms with E-state index in [-0.39, 0.29) is 5.69 Å². The van der Waals surface area contributed by atoms with Gasteiger partial charge in [0, 0.05) is 17.2 Å². The largest absolute Gasteiger partial charge is 0.497 e. The molecule has 0 aliphatic carbocycles. The van der Waals surface area contributed by atoms with Gasteiger partial charge in [-0.3, -0.25) is 9.78 Å². The van der Waals surface area contributed by atoms with Crippen molar-refractivity contribution in [3.05, 3.63) is 66.1 Å². The molecule has 9 heteroatoms. The number of hydrogen-bond donors (Lipinski definition) is 1. The Labute approximate surface area is 184 Å². The van der Waals surface area contributed by atoms with E-state index in [1.807, 2.05) is 30.5 Å². The number of hydrogen-bond acceptors (Lipinski definition) is 8. The summed E-state index contributed by atoms with van der Waals surface area (Å²) in [6.45, 7) is 0. The van der Waals surface area contributed by atoms with Gasteiger partial charge in [-0.2, -0.15) is 5.10 Å². The van der Waals surface area contributed by atoms with Crippen LogP contribution in [0.25, 0.3) is 11.3 Å². The summed E-state index contributed by atoms with van der Waals surface area (Å²) in [5.41, 5.74) is 4.72. The van der Waals surface area contributed by atoms with Crippen molar-refractivity contribution >= 4 is 23.9 Å². The Morgan fingerprint density at radius 1 is 1.06 bits per heavy atom. The minimum absolute atomic E-state index is 0.153. The topological polar surface area (TPSA) is 94.9 Å². The first-order chi connectivity index (χ1) is 15.1. The standard InChI is InChI=1S/C22H22N4O4S/c1-28-18-8-15(9-19(10-18)29-2)11-24-26-22(27)21-13-23-12-20(25-21)16-4-6-17(7-5-16)30-14-31-3/h4-13H,14H2,1-3H3,(H,26,27). The average molecular weight is 439 g/mol. The van der Waals surface area contributed by atoms with E-state index in [4.69, 9.17) is 14.2 Å². The van der Waals surface area contributed by atoms with Crippen LogP contribution >= 0.6 is 11.8 Å². The van der Waals surface area contributed by atoms with Gasteiger partial charge in [-0.15, -0.1) is 11.8 Å². The van der Waals surface area contributed by atoms with Gasteiger partial charge in [0.05, 0.1) is 38.5 Å². The van der Waals surface area contributed by atoms with E-state index in [1.54, 1.807) is 50.4 Å². The number of carbonyl (C=O) groups is 1. The third-order valence-corrected chi connectivity index (χ3v) is 4.47. The molecule has 160 valence electrons. The molecule has 31 heavy (non-hydrogen) atoms. The number of amides is 1. The lowest BCUT2D eigenvalue weighted by Crippen LogP contribution is -2.19. The molecule has 3 aromatic rings. The Morgan fingerprint density at radius 2 is 1.77 bits per heavy atom. The minimum Gasteiger partial charge on any atom is -0.497 e. The van der Waals surface area contributed by atoms with Gasteiger partial charge in [-0.05, 0) is 42.7 Å². The molecular weight excluding hydrogens is 416 g/mol. The lowest BCUT2D eigenvalue weighted by molar-refractivity contribution is 0.0950. The maximum Gasteiger partial charge on any atom is 0.291 e. The Morgan fingerprint density at radius 3 is 2.42 bits per heavy atom. The number of methoxy groups -OCH3 is 2. The van der Waals surface area contributed by atoms with Crippen molar-refractivity contribution in [3.8, 4) is 28.5 Å². The lowest BCUT2D eigenvalue weighted by atomic mass is 10.1. The van der Waals surface area contributed by atoms with Gasteiger partial charge in [-0.25, -0.2) is 10.4 Å². The number of carbonyl (C=O) groups excluding carboxylic acids is 1. The first-order valence-corrected chi connectivity index (χ1v) is 10.6. The van der Waals surface area contributed by atoms with Crippen LogP contribution in [0, 0.1) is 0 Å². The molecule has 1 heterocycles. The number of ether oxygens (including phenoxy) is 3. The maximum absolute atomic E-state index is 12.4. The van der Waals surface area contributed by atoms with Gasteiger partial charge < -0.3 is 14.2 Å². The number of aromatic nitrogens is 2. The van der Waals surface area contributed by atoms with Crippen LogP contribution in [0.4, 0.5) is 0 Å². The Kier molecular flexibility index (Phi) is 7.83. The van der Waals surface area contributed by atoms with E-state index in [0.29, 0.717) is 28.7 Å². The lowest BCUT2D eigenvalue weighted by Gasteiger charge is -2.06. The SMILES string of the molecule is COc1cc(C=NNC(=O)c2cncc(-c3ccc(OCSC)cc3)n2)cc(OC)c1. The molecule has 0 aliphatic heterocycles. The molecule has 0 saturated heterocycles. The fourth-order valence-corrected chi connectivity index (χ4v) is 2.84. The van der Waals surface area contributed by atoms with Gasteiger partial charge in [0.2, 0.25) is 0 Å². The molecule has 0 saturated carbocycles. The molecule has 1 aromatic heterocycles. The monoisotopic (exact) mass is 438 g/mol. The second kappa shape index (κ2) is 11.0. The molecule has 0 bridgehead atoms. The molecule has 0 atom stereocenters. The minimum atomic E-state index is -0.472. The predicted molar refractivity (Wildman–Crippen MR) is 121 cm³/mol. The molecule has 0 unspecified atom stereocenters. The van der Waals surface area contributed by atoms with Gasteiger partial charge in [0.1, 0.15) is 28.9 Å². The van der Waals surface area contributed by atoms with Crippen molar-refractivity contribution in [2.45, 2.75) is 0 Å². The highest BCUT2D eigenvalue weighted by Gasteiger charge is 2.09. The molecule has 1 amide bonds. The van der Waals surface area contributed by atoms with Crippen LogP contribution in [0.3, 0.4) is 0 Å². The van der Waals surface area contributed by atoms with Crippen molar-refractivity contribution in [1.29, 1.82) is 0 Å². The summed E-state index contributed by atoms with van der Waals surface area (Å²) in [7, 11) is 3.13. The molecule has 0 aliphatic rings. The van der Waals surface area contributed by atoms with E-state index in [0.717, 1.165) is 11.3 Å². The van der Waals surface area contributed by atoms with Crippen molar-refractivity contribution in [3.63, 3.8) is 0 Å². The van der Waals surface area contributed by atoms with E-state index in [2.05, 4.69) is 20.5 Å². The predicted octanol–water partition coefficient (Wildman–Crippen LogP) is 3.62. The Bertz CT molecular complexity index is 1040. The molecule has 0 spiro atoms. The highest BCUT2D eigenvalue weighted by molar-refractivity contribution is 7.98. The van der Waals surface area contributed by atoms with Crippen LogP contribution in [0.5, 0.6) is 17.2 Å². The van der Waals surface area contributed by atoms with Crippen LogP contribution < -0.4 is 19.6 Å². The van der Waals surface area contributed by atoms with Crippen LogP contribution in [-0.2, 0) is 0 Å². The number of thioether (sulfide) groups is 1. The van der Waals surface area contributed by atoms with Crippen LogP contribution in [-0.4, -0.2) is 48.5 Å². The zero-order valence-electron chi connectivity index (χ0n) is 17.4. The molecule has 0 radical (unpaired) electrons. The molecule has 8 nitrogen and oxygen atoms in total. The Hall–Kier alpha value is -3.59. The second-order valence-corrected chi connectivity index (χ2v) is 7.02. The van der Waals surface area contributed by atoms with Gasteiger partial charge in [0.15, 0.2) is 0 Å². The summed E-state index contributed by atoms with van der Waals surface area (Å²) in [4.78, 5) is 20.9. The third kappa shape index (κ3) is 6.19.